The SMILES string of the molecule is CC(=O)N[C@@H](CC(=O)N[C@@H](C)c1cccc2ccccc12)c1cccs1. The number of carbonyl (C=O) groups excluding carboxylic acids is 2. The van der Waals surface area contributed by atoms with Crippen LogP contribution in [0, 0.1) is 0 Å². The minimum atomic E-state index is -0.299. The Kier molecular flexibility index (Phi) is 5.68. The molecule has 0 unspecified atom stereocenters. The zero-order valence-electron chi connectivity index (χ0n) is 14.9. The van der Waals surface area contributed by atoms with Gasteiger partial charge in [0.1, 0.15) is 0 Å². The van der Waals surface area contributed by atoms with E-state index in [1.54, 1.807) is 0 Å². The summed E-state index contributed by atoms with van der Waals surface area (Å²) in [4.78, 5) is 25.1. The first-order valence-corrected chi connectivity index (χ1v) is 9.50. The first-order chi connectivity index (χ1) is 12.5. The number of thiophene rings is 1. The van der Waals surface area contributed by atoms with Crippen LogP contribution in [-0.2, 0) is 9.59 Å². The quantitative estimate of drug-likeness (QED) is 0.681. The van der Waals surface area contributed by atoms with Crippen molar-refractivity contribution in [2.75, 3.05) is 0 Å². The van der Waals surface area contributed by atoms with Crippen molar-refractivity contribution in [3.8, 4) is 0 Å². The lowest BCUT2D eigenvalue weighted by Crippen LogP contribution is -2.33. The third-order valence-electron chi connectivity index (χ3n) is 4.32. The topological polar surface area (TPSA) is 58.2 Å². The van der Waals surface area contributed by atoms with Crippen LogP contribution in [0.4, 0.5) is 0 Å². The molecule has 0 fully saturated rings. The minimum Gasteiger partial charge on any atom is -0.349 e. The summed E-state index contributed by atoms with van der Waals surface area (Å²) in [5.41, 5.74) is 1.09. The standard InChI is InChI=1S/C21H22N2O2S/c1-14(17-10-5-8-16-7-3-4-9-18(16)17)22-21(25)13-19(23-15(2)24)20-11-6-12-26-20/h3-12,14,19H,13H2,1-2H3,(H,22,25)(H,23,24)/t14-,19-/m0/s1. The predicted molar refractivity (Wildman–Crippen MR) is 106 cm³/mol. The van der Waals surface area contributed by atoms with Gasteiger partial charge < -0.3 is 10.6 Å². The maximum atomic E-state index is 12.6. The molecule has 0 aliphatic heterocycles. The van der Waals surface area contributed by atoms with Crippen molar-refractivity contribution >= 4 is 33.9 Å². The molecule has 2 N–H and O–H groups in total. The van der Waals surface area contributed by atoms with E-state index in [9.17, 15) is 9.59 Å². The summed E-state index contributed by atoms with van der Waals surface area (Å²) in [6, 6.07) is 17.7. The highest BCUT2D eigenvalue weighted by Gasteiger charge is 2.20. The Morgan fingerprint density at radius 1 is 1.00 bits per heavy atom. The molecule has 0 spiro atoms. The van der Waals surface area contributed by atoms with Crippen molar-refractivity contribution in [2.24, 2.45) is 0 Å². The molecule has 5 heteroatoms. The van der Waals surface area contributed by atoms with E-state index in [-0.39, 0.29) is 30.3 Å². The monoisotopic (exact) mass is 366 g/mol. The smallest absolute Gasteiger partial charge is 0.222 e. The Morgan fingerprint density at radius 3 is 2.50 bits per heavy atom. The van der Waals surface area contributed by atoms with Gasteiger partial charge >= 0.3 is 0 Å². The summed E-state index contributed by atoms with van der Waals surface area (Å²) in [5, 5.41) is 10.2. The molecule has 0 bridgehead atoms. The van der Waals surface area contributed by atoms with Crippen LogP contribution in [0.25, 0.3) is 10.8 Å². The lowest BCUT2D eigenvalue weighted by molar-refractivity contribution is -0.123. The molecule has 2 atom stereocenters. The molecule has 3 rings (SSSR count). The van der Waals surface area contributed by atoms with E-state index in [1.165, 1.54) is 18.3 Å². The van der Waals surface area contributed by atoms with Gasteiger partial charge in [0, 0.05) is 11.8 Å². The molecule has 0 aliphatic carbocycles. The number of benzene rings is 2. The van der Waals surface area contributed by atoms with E-state index in [2.05, 4.69) is 28.8 Å². The van der Waals surface area contributed by atoms with Gasteiger partial charge in [0.05, 0.1) is 18.5 Å². The highest BCUT2D eigenvalue weighted by molar-refractivity contribution is 7.10. The molecular weight excluding hydrogens is 344 g/mol. The normalized spacial score (nSPS) is 13.2. The van der Waals surface area contributed by atoms with Crippen LogP contribution in [0.5, 0.6) is 0 Å². The number of amides is 2. The molecule has 1 aromatic heterocycles. The fraction of sp³-hybridized carbons (Fsp3) is 0.238. The molecule has 0 saturated carbocycles. The molecule has 0 radical (unpaired) electrons. The van der Waals surface area contributed by atoms with Crippen molar-refractivity contribution in [3.63, 3.8) is 0 Å². The Hall–Kier alpha value is -2.66. The maximum absolute atomic E-state index is 12.6. The molecule has 3 aromatic rings. The van der Waals surface area contributed by atoms with Gasteiger partial charge in [-0.25, -0.2) is 0 Å². The van der Waals surface area contributed by atoms with Crippen LogP contribution in [0.2, 0.25) is 0 Å². The lowest BCUT2D eigenvalue weighted by Gasteiger charge is -2.20. The Bertz CT molecular complexity index is 900. The van der Waals surface area contributed by atoms with Crippen LogP contribution in [-0.4, -0.2) is 11.8 Å². The fourth-order valence-electron chi connectivity index (χ4n) is 3.15. The van der Waals surface area contributed by atoms with E-state index < -0.39 is 0 Å². The molecule has 26 heavy (non-hydrogen) atoms. The van der Waals surface area contributed by atoms with Crippen LogP contribution in [0.15, 0.2) is 60.0 Å². The van der Waals surface area contributed by atoms with Crippen LogP contribution in [0.3, 0.4) is 0 Å². The molecule has 0 aliphatic rings. The molecule has 4 nitrogen and oxygen atoms in total. The van der Waals surface area contributed by atoms with Gasteiger partial charge in [-0.2, -0.15) is 0 Å². The summed E-state index contributed by atoms with van der Waals surface area (Å²) >= 11 is 1.54. The Balaban J connectivity index is 1.73. The Labute approximate surface area is 157 Å². The highest BCUT2D eigenvalue weighted by Crippen LogP contribution is 2.25. The molecule has 1 heterocycles. The van der Waals surface area contributed by atoms with Gasteiger partial charge in [0.2, 0.25) is 11.8 Å². The van der Waals surface area contributed by atoms with Gasteiger partial charge in [0.15, 0.2) is 0 Å². The van der Waals surface area contributed by atoms with Crippen molar-refractivity contribution in [1.29, 1.82) is 0 Å². The van der Waals surface area contributed by atoms with E-state index in [4.69, 9.17) is 0 Å². The molecule has 0 saturated heterocycles. The second-order valence-electron chi connectivity index (χ2n) is 6.33. The molecule has 134 valence electrons. The highest BCUT2D eigenvalue weighted by atomic mass is 32.1. The van der Waals surface area contributed by atoms with Crippen LogP contribution in [0.1, 0.15) is 42.8 Å². The van der Waals surface area contributed by atoms with Crippen molar-refractivity contribution in [3.05, 3.63) is 70.4 Å². The summed E-state index contributed by atoms with van der Waals surface area (Å²) < 4.78 is 0. The molecule has 2 aromatic carbocycles. The Morgan fingerprint density at radius 2 is 1.77 bits per heavy atom. The number of hydrogen-bond donors (Lipinski definition) is 2. The summed E-state index contributed by atoms with van der Waals surface area (Å²) in [5.74, 6) is -0.226. The van der Waals surface area contributed by atoms with Gasteiger partial charge in [-0.1, -0.05) is 48.5 Å². The molecular formula is C21H22N2O2S. The number of rotatable bonds is 6. The number of hydrogen-bond acceptors (Lipinski definition) is 3. The summed E-state index contributed by atoms with van der Waals surface area (Å²) in [7, 11) is 0. The van der Waals surface area contributed by atoms with Gasteiger partial charge in [-0.05, 0) is 34.7 Å². The van der Waals surface area contributed by atoms with Gasteiger partial charge in [-0.3, -0.25) is 9.59 Å². The third-order valence-corrected chi connectivity index (χ3v) is 5.31. The van der Waals surface area contributed by atoms with Crippen LogP contribution < -0.4 is 10.6 Å². The third kappa shape index (κ3) is 4.29. The summed E-state index contributed by atoms with van der Waals surface area (Å²) in [6.45, 7) is 3.45. The number of fused-ring (bicyclic) bond motifs is 1. The first-order valence-electron chi connectivity index (χ1n) is 8.62. The van der Waals surface area contributed by atoms with Crippen molar-refractivity contribution in [1.82, 2.24) is 10.6 Å². The second kappa shape index (κ2) is 8.15. The van der Waals surface area contributed by atoms with Crippen molar-refractivity contribution < 1.29 is 9.59 Å². The number of carbonyl (C=O) groups is 2. The van der Waals surface area contributed by atoms with E-state index in [1.807, 2.05) is 48.7 Å². The average Bonchev–Trinajstić information content (AvgIpc) is 3.14. The zero-order chi connectivity index (χ0) is 18.5. The maximum Gasteiger partial charge on any atom is 0.222 e. The van der Waals surface area contributed by atoms with Crippen molar-refractivity contribution in [2.45, 2.75) is 32.4 Å². The molecule has 2 amide bonds. The van der Waals surface area contributed by atoms with E-state index >= 15 is 0 Å². The number of nitrogens with one attached hydrogen (secondary N) is 2. The first kappa shape index (κ1) is 18.1. The zero-order valence-corrected chi connectivity index (χ0v) is 15.7. The average molecular weight is 366 g/mol. The van der Waals surface area contributed by atoms with Gasteiger partial charge in [-0.15, -0.1) is 11.3 Å². The predicted octanol–water partition coefficient (Wildman–Crippen LogP) is 4.35. The lowest BCUT2D eigenvalue weighted by atomic mass is 9.99. The minimum absolute atomic E-state index is 0.0856. The second-order valence-corrected chi connectivity index (χ2v) is 7.31. The fourth-order valence-corrected chi connectivity index (χ4v) is 3.93. The largest absolute Gasteiger partial charge is 0.349 e. The van der Waals surface area contributed by atoms with Gasteiger partial charge in [0.25, 0.3) is 0 Å². The van der Waals surface area contributed by atoms with Crippen LogP contribution >= 0.6 is 11.3 Å². The summed E-state index contributed by atoms with van der Waals surface area (Å²) in [6.07, 6.45) is 0.217. The van der Waals surface area contributed by atoms with E-state index in [0.29, 0.717) is 0 Å². The van der Waals surface area contributed by atoms with E-state index in [0.717, 1.165) is 21.2 Å².